The maximum Gasteiger partial charge on any atom is 0.407 e. The summed E-state index contributed by atoms with van der Waals surface area (Å²) >= 11 is 0. The van der Waals surface area contributed by atoms with E-state index in [-0.39, 0.29) is 23.9 Å². The molecule has 2 saturated heterocycles. The summed E-state index contributed by atoms with van der Waals surface area (Å²) in [5.41, 5.74) is 7.44. The maximum absolute atomic E-state index is 13.9. The second-order valence-electron chi connectivity index (χ2n) is 14.7. The van der Waals surface area contributed by atoms with Crippen LogP contribution < -0.4 is 4.74 Å². The summed E-state index contributed by atoms with van der Waals surface area (Å²) in [5.74, 6) is 2.09. The molecule has 3 N–H and O–H groups in total. The lowest BCUT2D eigenvalue weighted by molar-refractivity contribution is -0.137. The van der Waals surface area contributed by atoms with Crippen molar-refractivity contribution >= 4 is 17.9 Å². The molecule has 12 heteroatoms. The number of hydrogen-bond acceptors (Lipinski definition) is 6. The molecule has 0 unspecified atom stereocenters. The highest BCUT2D eigenvalue weighted by molar-refractivity contribution is 5.87. The molecule has 6 aromatic rings. The number of carbonyl (C=O) groups is 3. The number of nitrogens with one attached hydrogen (secondary N) is 2. The van der Waals surface area contributed by atoms with Crippen molar-refractivity contribution in [3.8, 4) is 39.4 Å². The van der Waals surface area contributed by atoms with E-state index in [1.807, 2.05) is 53.6 Å². The fourth-order valence-corrected chi connectivity index (χ4v) is 8.11. The summed E-state index contributed by atoms with van der Waals surface area (Å²) in [5, 5.41) is 9.79. The Morgan fingerprint density at radius 1 is 0.737 bits per heavy atom. The van der Waals surface area contributed by atoms with Crippen LogP contribution in [0.25, 0.3) is 33.6 Å². The first-order valence-corrected chi connectivity index (χ1v) is 19.3. The summed E-state index contributed by atoms with van der Waals surface area (Å²) in [7, 11) is 3.07. The molecule has 2 aromatic heterocycles. The van der Waals surface area contributed by atoms with Gasteiger partial charge >= 0.3 is 6.09 Å². The fourth-order valence-electron chi connectivity index (χ4n) is 8.11. The molecular formula is C45H45N7O5. The molecule has 0 saturated carbocycles. The van der Waals surface area contributed by atoms with Crippen LogP contribution in [-0.4, -0.2) is 84.9 Å². The fraction of sp³-hybridized carbons (Fsp3) is 0.267. The van der Waals surface area contributed by atoms with E-state index < -0.39 is 12.1 Å². The second kappa shape index (κ2) is 16.2. The van der Waals surface area contributed by atoms with Crippen LogP contribution in [0.2, 0.25) is 0 Å². The molecule has 8 rings (SSSR count). The number of H-pyrrole nitrogens is 2. The highest BCUT2D eigenvalue weighted by Gasteiger charge is 2.39. The standard InChI is InChI=1S/C45H45N7O5/c1-50(45(55)56)41(34-8-4-3-5-9-34)44(54)52-25-7-11-39(52)43-47-28-37(49-43)33-20-16-31(17-21-33)30-14-18-32(19-15-30)36-27-46-42(48-36)38-10-6-24-51(38)40(53)26-29-12-22-35(57-2)23-13-29/h3-5,8-9,12-23,27-28,38-39,41H,6-7,10-11,24-26H2,1-2H3,(H,46,48)(H,47,49)(H,55,56)/t38-,39-,41+/m0/s1. The lowest BCUT2D eigenvalue weighted by atomic mass is 10.0. The van der Waals surface area contributed by atoms with Crippen LogP contribution in [-0.2, 0) is 16.0 Å². The number of benzene rings is 4. The van der Waals surface area contributed by atoms with Crippen molar-refractivity contribution in [1.82, 2.24) is 34.6 Å². The normalized spacial score (nSPS) is 17.1. The maximum atomic E-state index is 13.9. The number of nitrogens with zero attached hydrogens (tertiary/aromatic N) is 5. The van der Waals surface area contributed by atoms with E-state index in [1.54, 1.807) is 30.3 Å². The molecule has 3 atom stereocenters. The molecule has 4 aromatic carbocycles. The molecule has 0 aliphatic carbocycles. The number of imidazole rings is 2. The van der Waals surface area contributed by atoms with Gasteiger partial charge in [-0.1, -0.05) is 91.0 Å². The molecule has 4 heterocycles. The Balaban J connectivity index is 0.917. The van der Waals surface area contributed by atoms with Gasteiger partial charge in [-0.2, -0.15) is 0 Å². The number of ether oxygens (including phenoxy) is 1. The van der Waals surface area contributed by atoms with Crippen molar-refractivity contribution in [2.24, 2.45) is 0 Å². The van der Waals surface area contributed by atoms with Crippen molar-refractivity contribution in [3.05, 3.63) is 138 Å². The van der Waals surface area contributed by atoms with Gasteiger partial charge in [0.25, 0.3) is 5.91 Å². The van der Waals surface area contributed by atoms with Gasteiger partial charge in [-0.15, -0.1) is 0 Å². The Kier molecular flexibility index (Phi) is 10.6. The minimum absolute atomic E-state index is 0.0781. The zero-order valence-corrected chi connectivity index (χ0v) is 32.0. The first kappa shape index (κ1) is 37.2. The highest BCUT2D eigenvalue weighted by atomic mass is 16.5. The van der Waals surface area contributed by atoms with Crippen molar-refractivity contribution in [1.29, 1.82) is 0 Å². The SMILES string of the molecule is COc1ccc(CC(=O)N2CCC[C@H]2c2ncc(-c3ccc(-c4ccc(-c5cnc([C@@H]6CCCN6C(=O)[C@@H](c6ccccc6)N(C)C(=O)O)[nH]5)cc4)cc3)[nH]2)cc1. The first-order chi connectivity index (χ1) is 27.8. The Hall–Kier alpha value is -6.69. The van der Waals surface area contributed by atoms with Crippen molar-refractivity contribution in [3.63, 3.8) is 0 Å². The number of rotatable bonds is 11. The largest absolute Gasteiger partial charge is 0.497 e. The number of carboxylic acid groups (broad SMARTS) is 1. The van der Waals surface area contributed by atoms with Crippen LogP contribution in [0, 0.1) is 0 Å². The third kappa shape index (κ3) is 7.75. The zero-order valence-electron chi connectivity index (χ0n) is 32.0. The number of amides is 3. The average molecular weight is 764 g/mol. The Morgan fingerprint density at radius 2 is 1.25 bits per heavy atom. The number of likely N-dealkylation sites (tertiary alicyclic amines) is 2. The summed E-state index contributed by atoms with van der Waals surface area (Å²) in [4.78, 5) is 60.3. The van der Waals surface area contributed by atoms with E-state index in [0.717, 1.165) is 81.4 Å². The number of aromatic amines is 2. The smallest absolute Gasteiger partial charge is 0.407 e. The predicted molar refractivity (Wildman–Crippen MR) is 216 cm³/mol. The third-order valence-corrected chi connectivity index (χ3v) is 11.2. The number of hydrogen-bond donors (Lipinski definition) is 3. The van der Waals surface area contributed by atoms with Crippen LogP contribution >= 0.6 is 0 Å². The van der Waals surface area contributed by atoms with Gasteiger partial charge in [0.1, 0.15) is 23.4 Å². The van der Waals surface area contributed by atoms with Gasteiger partial charge in [-0.05, 0) is 71.2 Å². The van der Waals surface area contributed by atoms with Gasteiger partial charge in [0.2, 0.25) is 5.91 Å². The van der Waals surface area contributed by atoms with Gasteiger partial charge in [-0.25, -0.2) is 14.8 Å². The molecule has 0 radical (unpaired) electrons. The Labute approximate surface area is 331 Å². The second-order valence-corrected chi connectivity index (χ2v) is 14.7. The lowest BCUT2D eigenvalue weighted by Crippen LogP contribution is -2.43. The first-order valence-electron chi connectivity index (χ1n) is 19.3. The molecule has 57 heavy (non-hydrogen) atoms. The van der Waals surface area contributed by atoms with Gasteiger partial charge in [-0.3, -0.25) is 14.5 Å². The van der Waals surface area contributed by atoms with E-state index in [0.29, 0.717) is 30.9 Å². The predicted octanol–water partition coefficient (Wildman–Crippen LogP) is 8.06. The van der Waals surface area contributed by atoms with Crippen LogP contribution in [0.1, 0.15) is 66.6 Å². The molecule has 3 amide bonds. The van der Waals surface area contributed by atoms with E-state index in [9.17, 15) is 19.5 Å². The molecule has 2 aliphatic rings. The minimum Gasteiger partial charge on any atom is -0.497 e. The zero-order chi connectivity index (χ0) is 39.5. The summed E-state index contributed by atoms with van der Waals surface area (Å²) < 4.78 is 5.25. The molecule has 0 spiro atoms. The van der Waals surface area contributed by atoms with E-state index in [1.165, 1.54) is 7.05 Å². The minimum atomic E-state index is -1.16. The summed E-state index contributed by atoms with van der Waals surface area (Å²) in [6.07, 6.45) is 6.15. The summed E-state index contributed by atoms with van der Waals surface area (Å²) in [6.45, 7) is 1.24. The van der Waals surface area contributed by atoms with Crippen LogP contribution in [0.15, 0.2) is 116 Å². The van der Waals surface area contributed by atoms with Crippen molar-refractivity contribution in [2.75, 3.05) is 27.2 Å². The van der Waals surface area contributed by atoms with Crippen molar-refractivity contribution < 1.29 is 24.2 Å². The number of methoxy groups -OCH3 is 1. The quantitative estimate of drug-likeness (QED) is 0.121. The van der Waals surface area contributed by atoms with Crippen LogP contribution in [0.5, 0.6) is 5.75 Å². The summed E-state index contributed by atoms with van der Waals surface area (Å²) in [6, 6.07) is 32.0. The van der Waals surface area contributed by atoms with Gasteiger partial charge in [0, 0.05) is 20.1 Å². The Bertz CT molecular complexity index is 2340. The lowest BCUT2D eigenvalue weighted by Gasteiger charge is -2.32. The molecule has 2 fully saturated rings. The van der Waals surface area contributed by atoms with Gasteiger partial charge < -0.3 is 29.6 Å². The monoisotopic (exact) mass is 763 g/mol. The number of carbonyl (C=O) groups excluding carboxylic acids is 2. The number of aromatic nitrogens is 4. The highest BCUT2D eigenvalue weighted by Crippen LogP contribution is 2.36. The molecule has 2 aliphatic heterocycles. The molecule has 0 bridgehead atoms. The topological polar surface area (TPSA) is 148 Å². The van der Waals surface area contributed by atoms with Crippen LogP contribution in [0.4, 0.5) is 4.79 Å². The van der Waals surface area contributed by atoms with E-state index in [2.05, 4.69) is 63.5 Å². The van der Waals surface area contributed by atoms with Crippen molar-refractivity contribution in [2.45, 2.75) is 50.2 Å². The average Bonchev–Trinajstić information content (AvgIpc) is 4.09. The van der Waals surface area contributed by atoms with E-state index >= 15 is 0 Å². The Morgan fingerprint density at radius 3 is 1.77 bits per heavy atom. The molecular weight excluding hydrogens is 719 g/mol. The molecule has 290 valence electrons. The molecule has 12 nitrogen and oxygen atoms in total. The van der Waals surface area contributed by atoms with Crippen LogP contribution in [0.3, 0.4) is 0 Å². The van der Waals surface area contributed by atoms with Gasteiger partial charge in [0.15, 0.2) is 0 Å². The van der Waals surface area contributed by atoms with E-state index in [4.69, 9.17) is 9.72 Å². The third-order valence-electron chi connectivity index (χ3n) is 11.2. The van der Waals surface area contributed by atoms with Gasteiger partial charge in [0.05, 0.1) is 49.4 Å². The number of likely N-dealkylation sites (N-methyl/N-ethyl adjacent to an activating group) is 1.